The predicted molar refractivity (Wildman–Crippen MR) is 97.6 cm³/mol. The Balaban J connectivity index is 1.50. The highest BCUT2D eigenvalue weighted by molar-refractivity contribution is 5.77. The lowest BCUT2D eigenvalue weighted by molar-refractivity contribution is -0.134. The van der Waals surface area contributed by atoms with Gasteiger partial charge in [-0.2, -0.15) is 0 Å². The topological polar surface area (TPSA) is 67.2 Å². The molecule has 1 unspecified atom stereocenters. The summed E-state index contributed by atoms with van der Waals surface area (Å²) < 4.78 is 0. The van der Waals surface area contributed by atoms with Gasteiger partial charge in [0.1, 0.15) is 6.61 Å². The van der Waals surface area contributed by atoms with Gasteiger partial charge < -0.3 is 20.0 Å². The van der Waals surface area contributed by atoms with Gasteiger partial charge in [0.05, 0.1) is 5.60 Å². The number of rotatable bonds is 4. The molecule has 6 nitrogen and oxygen atoms in total. The number of aliphatic hydroxyl groups is 2. The number of piperazine rings is 1. The van der Waals surface area contributed by atoms with Crippen LogP contribution < -0.4 is 4.90 Å². The summed E-state index contributed by atoms with van der Waals surface area (Å²) in [5.74, 6) is -0.235. The number of β-amino-alcohol motifs (C(OH)–C–C–N with tert-alkyl or cyclic N) is 1. The minimum absolute atomic E-state index is 0.235. The second-order valence-corrected chi connectivity index (χ2v) is 7.22. The van der Waals surface area contributed by atoms with Crippen molar-refractivity contribution in [2.24, 2.45) is 0 Å². The van der Waals surface area contributed by atoms with Crippen molar-refractivity contribution in [2.75, 3.05) is 57.3 Å². The SMILES string of the molecule is O=C(CO)N1CCCC(O)(CN2CCN(c3ccccc3)CC2)CC1. The Labute approximate surface area is 149 Å². The summed E-state index contributed by atoms with van der Waals surface area (Å²) in [6, 6.07) is 10.4. The normalized spacial score (nSPS) is 25.7. The van der Waals surface area contributed by atoms with Crippen LogP contribution in [-0.4, -0.2) is 83.9 Å². The largest absolute Gasteiger partial charge is 0.388 e. The Morgan fingerprint density at radius 3 is 2.40 bits per heavy atom. The lowest BCUT2D eigenvalue weighted by Crippen LogP contribution is -2.52. The molecular formula is C19H29N3O3. The van der Waals surface area contributed by atoms with Crippen molar-refractivity contribution in [2.45, 2.75) is 24.9 Å². The van der Waals surface area contributed by atoms with Gasteiger partial charge in [-0.1, -0.05) is 18.2 Å². The lowest BCUT2D eigenvalue weighted by Gasteiger charge is -2.40. The van der Waals surface area contributed by atoms with Crippen LogP contribution in [-0.2, 0) is 4.79 Å². The molecule has 0 aliphatic carbocycles. The van der Waals surface area contributed by atoms with E-state index in [0.717, 1.165) is 32.6 Å². The van der Waals surface area contributed by atoms with Crippen LogP contribution in [0.15, 0.2) is 30.3 Å². The molecule has 3 rings (SSSR count). The van der Waals surface area contributed by atoms with Crippen LogP contribution in [0, 0.1) is 0 Å². The van der Waals surface area contributed by atoms with Gasteiger partial charge in [-0.3, -0.25) is 9.69 Å². The van der Waals surface area contributed by atoms with Crippen molar-refractivity contribution in [3.05, 3.63) is 30.3 Å². The minimum Gasteiger partial charge on any atom is -0.388 e. The summed E-state index contributed by atoms with van der Waals surface area (Å²) in [6.45, 7) is 5.19. The van der Waals surface area contributed by atoms with Crippen LogP contribution in [0.4, 0.5) is 5.69 Å². The molecule has 2 N–H and O–H groups in total. The number of carbonyl (C=O) groups excluding carboxylic acids is 1. The Morgan fingerprint density at radius 2 is 1.72 bits per heavy atom. The van der Waals surface area contributed by atoms with Crippen LogP contribution in [0.2, 0.25) is 0 Å². The van der Waals surface area contributed by atoms with Crippen LogP contribution in [0.3, 0.4) is 0 Å². The van der Waals surface area contributed by atoms with Gasteiger partial charge in [-0.25, -0.2) is 0 Å². The number of hydrogen-bond acceptors (Lipinski definition) is 5. The third kappa shape index (κ3) is 4.71. The highest BCUT2D eigenvalue weighted by atomic mass is 16.3. The number of amides is 1. The molecule has 6 heteroatoms. The average Bonchev–Trinajstić information content (AvgIpc) is 2.84. The summed E-state index contributed by atoms with van der Waals surface area (Å²) in [7, 11) is 0. The molecule has 1 aromatic carbocycles. The molecule has 2 saturated heterocycles. The third-order valence-corrected chi connectivity index (χ3v) is 5.42. The molecule has 25 heavy (non-hydrogen) atoms. The first-order valence-electron chi connectivity index (χ1n) is 9.23. The number of para-hydroxylation sites is 1. The van der Waals surface area contributed by atoms with E-state index in [4.69, 9.17) is 5.11 Å². The number of benzene rings is 1. The third-order valence-electron chi connectivity index (χ3n) is 5.42. The molecule has 0 saturated carbocycles. The van der Waals surface area contributed by atoms with Crippen molar-refractivity contribution >= 4 is 11.6 Å². The zero-order valence-electron chi connectivity index (χ0n) is 14.8. The number of carbonyl (C=O) groups is 1. The second-order valence-electron chi connectivity index (χ2n) is 7.22. The highest BCUT2D eigenvalue weighted by Gasteiger charge is 2.34. The minimum atomic E-state index is -0.737. The van der Waals surface area contributed by atoms with Crippen LogP contribution >= 0.6 is 0 Å². The molecule has 2 fully saturated rings. The summed E-state index contributed by atoms with van der Waals surface area (Å²) in [5, 5.41) is 20.0. The Morgan fingerprint density at radius 1 is 1.00 bits per heavy atom. The van der Waals surface area contributed by atoms with Crippen molar-refractivity contribution in [1.29, 1.82) is 0 Å². The maximum atomic E-state index is 11.7. The summed E-state index contributed by atoms with van der Waals surface area (Å²) in [5.41, 5.74) is 0.521. The van der Waals surface area contributed by atoms with Crippen LogP contribution in [0.25, 0.3) is 0 Å². The number of nitrogens with zero attached hydrogens (tertiary/aromatic N) is 3. The fourth-order valence-corrected chi connectivity index (χ4v) is 3.91. The summed E-state index contributed by atoms with van der Waals surface area (Å²) in [4.78, 5) is 18.1. The van der Waals surface area contributed by atoms with E-state index in [1.54, 1.807) is 4.90 Å². The smallest absolute Gasteiger partial charge is 0.248 e. The van der Waals surface area contributed by atoms with E-state index in [1.807, 2.05) is 6.07 Å². The van der Waals surface area contributed by atoms with Gasteiger partial charge in [-0.15, -0.1) is 0 Å². The van der Waals surface area contributed by atoms with E-state index in [-0.39, 0.29) is 5.91 Å². The maximum absolute atomic E-state index is 11.7. The summed E-state index contributed by atoms with van der Waals surface area (Å²) in [6.07, 6.45) is 2.07. The zero-order chi connectivity index (χ0) is 17.7. The van der Waals surface area contributed by atoms with Crippen molar-refractivity contribution < 1.29 is 15.0 Å². The highest BCUT2D eigenvalue weighted by Crippen LogP contribution is 2.25. The molecule has 2 aliphatic heterocycles. The molecule has 1 amide bonds. The van der Waals surface area contributed by atoms with Crippen LogP contribution in [0.1, 0.15) is 19.3 Å². The maximum Gasteiger partial charge on any atom is 0.248 e. The molecule has 2 heterocycles. The molecule has 0 aromatic heterocycles. The first-order chi connectivity index (χ1) is 12.1. The standard InChI is InChI=1S/C19H29N3O3/c23-15-18(24)22-9-4-7-19(25,8-10-22)16-20-11-13-21(14-12-20)17-5-2-1-3-6-17/h1-3,5-6,23,25H,4,7-16H2. The second kappa shape index (κ2) is 8.17. The zero-order valence-corrected chi connectivity index (χ0v) is 14.8. The number of likely N-dealkylation sites (tertiary alicyclic amines) is 1. The van der Waals surface area contributed by atoms with Gasteiger partial charge >= 0.3 is 0 Å². The quantitative estimate of drug-likeness (QED) is 0.832. The molecule has 1 atom stereocenters. The molecule has 1 aromatic rings. The van der Waals surface area contributed by atoms with Gasteiger partial charge in [0.25, 0.3) is 0 Å². The fraction of sp³-hybridized carbons (Fsp3) is 0.632. The Kier molecular flexibility index (Phi) is 5.93. The van der Waals surface area contributed by atoms with E-state index in [9.17, 15) is 9.90 Å². The van der Waals surface area contributed by atoms with E-state index in [0.29, 0.717) is 32.5 Å². The molecular weight excluding hydrogens is 318 g/mol. The number of hydrogen-bond donors (Lipinski definition) is 2. The van der Waals surface area contributed by atoms with E-state index in [2.05, 4.69) is 34.1 Å². The van der Waals surface area contributed by atoms with Crippen LogP contribution in [0.5, 0.6) is 0 Å². The molecule has 0 radical (unpaired) electrons. The van der Waals surface area contributed by atoms with Gasteiger partial charge in [0, 0.05) is 51.5 Å². The number of anilines is 1. The summed E-state index contributed by atoms with van der Waals surface area (Å²) >= 11 is 0. The Bertz CT molecular complexity index is 560. The van der Waals surface area contributed by atoms with Crippen molar-refractivity contribution in [1.82, 2.24) is 9.80 Å². The predicted octanol–water partition coefficient (Wildman–Crippen LogP) is 0.544. The van der Waals surface area contributed by atoms with E-state index < -0.39 is 12.2 Å². The number of aliphatic hydroxyl groups excluding tert-OH is 1. The lowest BCUT2D eigenvalue weighted by atomic mass is 9.94. The molecule has 0 bridgehead atoms. The first-order valence-corrected chi connectivity index (χ1v) is 9.23. The Hall–Kier alpha value is -1.63. The van der Waals surface area contributed by atoms with Gasteiger partial charge in [-0.05, 0) is 31.4 Å². The molecule has 0 spiro atoms. The molecule has 138 valence electrons. The fourth-order valence-electron chi connectivity index (χ4n) is 3.91. The average molecular weight is 347 g/mol. The van der Waals surface area contributed by atoms with Crippen molar-refractivity contribution in [3.63, 3.8) is 0 Å². The van der Waals surface area contributed by atoms with Gasteiger partial charge in [0.2, 0.25) is 5.91 Å². The monoisotopic (exact) mass is 347 g/mol. The molecule has 2 aliphatic rings. The van der Waals surface area contributed by atoms with E-state index >= 15 is 0 Å². The first kappa shape index (κ1) is 18.2. The van der Waals surface area contributed by atoms with Crippen molar-refractivity contribution in [3.8, 4) is 0 Å². The van der Waals surface area contributed by atoms with E-state index in [1.165, 1.54) is 5.69 Å². The van der Waals surface area contributed by atoms with Gasteiger partial charge in [0.15, 0.2) is 0 Å².